The SMILES string of the molecule is C=CC(=O)CCCN(CCC)c1nc(OCCCCC)nc(CC)c1CCCc1c(C)ccc(N)c1C=N. The number of nitrogen functional groups attached to an aromatic ring is 1. The number of ketones is 1. The van der Waals surface area contributed by atoms with Gasteiger partial charge in [0.1, 0.15) is 5.82 Å². The van der Waals surface area contributed by atoms with Gasteiger partial charge in [-0.25, -0.2) is 0 Å². The summed E-state index contributed by atoms with van der Waals surface area (Å²) in [6.07, 6.45) is 11.5. The molecular formula is C31H47N5O2. The van der Waals surface area contributed by atoms with E-state index in [1.54, 1.807) is 0 Å². The topological polar surface area (TPSA) is 105 Å². The van der Waals surface area contributed by atoms with Crippen LogP contribution >= 0.6 is 0 Å². The number of hydrogen-bond acceptors (Lipinski definition) is 7. The third-order valence-corrected chi connectivity index (χ3v) is 6.86. The molecule has 0 bridgehead atoms. The first-order valence-electron chi connectivity index (χ1n) is 14.2. The van der Waals surface area contributed by atoms with Crippen LogP contribution in [0.3, 0.4) is 0 Å². The summed E-state index contributed by atoms with van der Waals surface area (Å²) in [5.74, 6) is 0.991. The molecule has 0 saturated heterocycles. The normalized spacial score (nSPS) is 10.8. The van der Waals surface area contributed by atoms with Gasteiger partial charge in [0.05, 0.1) is 12.3 Å². The number of nitrogens with one attached hydrogen (secondary N) is 1. The first kappa shape index (κ1) is 31.0. The number of carbonyl (C=O) groups is 1. The summed E-state index contributed by atoms with van der Waals surface area (Å²) in [6.45, 7) is 14.3. The molecule has 0 aliphatic heterocycles. The smallest absolute Gasteiger partial charge is 0.318 e. The van der Waals surface area contributed by atoms with Crippen molar-refractivity contribution in [1.82, 2.24) is 9.97 Å². The average molecular weight is 522 g/mol. The molecule has 0 aliphatic carbocycles. The van der Waals surface area contributed by atoms with Crippen molar-refractivity contribution < 1.29 is 9.53 Å². The number of aromatic nitrogens is 2. The fraction of sp³-hybridized carbons (Fsp3) is 0.548. The third kappa shape index (κ3) is 8.96. The minimum absolute atomic E-state index is 0.0676. The summed E-state index contributed by atoms with van der Waals surface area (Å²) in [6, 6.07) is 4.35. The molecule has 2 rings (SSSR count). The van der Waals surface area contributed by atoms with Crippen molar-refractivity contribution in [3.63, 3.8) is 0 Å². The summed E-state index contributed by atoms with van der Waals surface area (Å²) in [7, 11) is 0. The van der Waals surface area contributed by atoms with Crippen LogP contribution in [-0.2, 0) is 24.1 Å². The van der Waals surface area contributed by atoms with Crippen LogP contribution < -0.4 is 15.4 Å². The van der Waals surface area contributed by atoms with Gasteiger partial charge < -0.3 is 20.8 Å². The predicted octanol–water partition coefficient (Wildman–Crippen LogP) is 6.42. The van der Waals surface area contributed by atoms with E-state index in [-0.39, 0.29) is 5.78 Å². The van der Waals surface area contributed by atoms with Gasteiger partial charge in [-0.2, -0.15) is 9.97 Å². The van der Waals surface area contributed by atoms with Gasteiger partial charge in [0, 0.05) is 42.5 Å². The molecule has 7 heteroatoms. The molecule has 0 amide bonds. The van der Waals surface area contributed by atoms with E-state index < -0.39 is 0 Å². The number of hydrogen-bond donors (Lipinski definition) is 2. The molecule has 1 aromatic carbocycles. The quantitative estimate of drug-likeness (QED) is 0.0956. The fourth-order valence-electron chi connectivity index (χ4n) is 4.76. The van der Waals surface area contributed by atoms with Crippen LogP contribution in [0.4, 0.5) is 11.5 Å². The van der Waals surface area contributed by atoms with E-state index in [1.165, 1.54) is 12.3 Å². The van der Waals surface area contributed by atoms with Crippen molar-refractivity contribution in [2.24, 2.45) is 0 Å². The zero-order valence-corrected chi connectivity index (χ0v) is 23.9. The van der Waals surface area contributed by atoms with Gasteiger partial charge in [0.15, 0.2) is 5.78 Å². The first-order valence-corrected chi connectivity index (χ1v) is 14.2. The molecule has 1 aromatic heterocycles. The molecule has 0 radical (unpaired) electrons. The monoisotopic (exact) mass is 521 g/mol. The largest absolute Gasteiger partial charge is 0.463 e. The van der Waals surface area contributed by atoms with E-state index in [0.29, 0.717) is 24.7 Å². The molecule has 0 unspecified atom stereocenters. The Balaban J connectivity index is 2.38. The minimum Gasteiger partial charge on any atom is -0.463 e. The number of nitrogens with zero attached hydrogens (tertiary/aromatic N) is 3. The Morgan fingerprint density at radius 3 is 2.47 bits per heavy atom. The van der Waals surface area contributed by atoms with Crippen molar-refractivity contribution >= 4 is 23.5 Å². The number of carbonyl (C=O) groups excluding carboxylic acids is 1. The number of allylic oxidation sites excluding steroid dienone is 1. The van der Waals surface area contributed by atoms with Crippen molar-refractivity contribution in [2.45, 2.75) is 91.9 Å². The molecule has 0 atom stereocenters. The maximum Gasteiger partial charge on any atom is 0.318 e. The van der Waals surface area contributed by atoms with E-state index in [9.17, 15) is 4.79 Å². The number of benzene rings is 1. The van der Waals surface area contributed by atoms with E-state index in [2.05, 4.69) is 39.2 Å². The molecule has 1 heterocycles. The summed E-state index contributed by atoms with van der Waals surface area (Å²) in [5, 5.41) is 7.86. The van der Waals surface area contributed by atoms with Crippen molar-refractivity contribution in [1.29, 1.82) is 5.41 Å². The van der Waals surface area contributed by atoms with Gasteiger partial charge in [-0.15, -0.1) is 0 Å². The molecule has 2 aromatic rings. The summed E-state index contributed by atoms with van der Waals surface area (Å²) >= 11 is 0. The maximum absolute atomic E-state index is 11.9. The Bertz CT molecular complexity index is 1070. The maximum atomic E-state index is 11.9. The van der Waals surface area contributed by atoms with Crippen LogP contribution in [0.15, 0.2) is 24.8 Å². The highest BCUT2D eigenvalue weighted by atomic mass is 16.5. The average Bonchev–Trinajstić information content (AvgIpc) is 2.92. The summed E-state index contributed by atoms with van der Waals surface area (Å²) in [5.41, 5.74) is 12.1. The van der Waals surface area contributed by atoms with E-state index in [0.717, 1.165) is 105 Å². The van der Waals surface area contributed by atoms with Gasteiger partial charge >= 0.3 is 6.01 Å². The number of ether oxygens (including phenoxy) is 1. The summed E-state index contributed by atoms with van der Waals surface area (Å²) in [4.78, 5) is 23.9. The molecule has 38 heavy (non-hydrogen) atoms. The van der Waals surface area contributed by atoms with Crippen LogP contribution in [0.5, 0.6) is 6.01 Å². The summed E-state index contributed by atoms with van der Waals surface area (Å²) < 4.78 is 6.01. The lowest BCUT2D eigenvalue weighted by Gasteiger charge is -2.27. The van der Waals surface area contributed by atoms with E-state index >= 15 is 0 Å². The Morgan fingerprint density at radius 2 is 1.82 bits per heavy atom. The Morgan fingerprint density at radius 1 is 1.05 bits per heavy atom. The van der Waals surface area contributed by atoms with Crippen LogP contribution in [0.25, 0.3) is 0 Å². The molecule has 0 aliphatic rings. The molecule has 0 fully saturated rings. The van der Waals surface area contributed by atoms with Gasteiger partial charge in [0.25, 0.3) is 0 Å². The minimum atomic E-state index is 0.0676. The molecule has 3 N–H and O–H groups in total. The molecule has 7 nitrogen and oxygen atoms in total. The number of unbranched alkanes of at least 4 members (excludes halogenated alkanes) is 2. The number of aryl methyl sites for hydroxylation is 2. The molecule has 0 spiro atoms. The fourth-order valence-corrected chi connectivity index (χ4v) is 4.76. The Kier molecular flexibility index (Phi) is 13.5. The van der Waals surface area contributed by atoms with Crippen molar-refractivity contribution in [3.8, 4) is 6.01 Å². The van der Waals surface area contributed by atoms with Gasteiger partial charge in [-0.05, 0) is 75.1 Å². The molecule has 0 saturated carbocycles. The van der Waals surface area contributed by atoms with E-state index in [1.807, 2.05) is 12.1 Å². The van der Waals surface area contributed by atoms with Crippen molar-refractivity contribution in [2.75, 3.05) is 30.3 Å². The zero-order valence-electron chi connectivity index (χ0n) is 23.9. The van der Waals surface area contributed by atoms with Crippen molar-refractivity contribution in [3.05, 3.63) is 52.7 Å². The van der Waals surface area contributed by atoms with E-state index in [4.69, 9.17) is 25.8 Å². The van der Waals surface area contributed by atoms with Crippen LogP contribution in [0.2, 0.25) is 0 Å². The lowest BCUT2D eigenvalue weighted by Crippen LogP contribution is -2.29. The highest BCUT2D eigenvalue weighted by molar-refractivity contribution is 5.89. The highest BCUT2D eigenvalue weighted by Crippen LogP contribution is 2.28. The second kappa shape index (κ2) is 16.6. The number of anilines is 2. The van der Waals surface area contributed by atoms with Gasteiger partial charge in [0.2, 0.25) is 0 Å². The number of rotatable bonds is 19. The van der Waals surface area contributed by atoms with Gasteiger partial charge in [-0.3, -0.25) is 4.79 Å². The number of nitrogens with two attached hydrogens (primary N) is 1. The third-order valence-electron chi connectivity index (χ3n) is 6.86. The van der Waals surface area contributed by atoms with Crippen LogP contribution in [0.1, 0.15) is 93.7 Å². The zero-order chi connectivity index (χ0) is 27.9. The predicted molar refractivity (Wildman–Crippen MR) is 159 cm³/mol. The lowest BCUT2D eigenvalue weighted by molar-refractivity contribution is -0.114. The lowest BCUT2D eigenvalue weighted by atomic mass is 9.94. The highest BCUT2D eigenvalue weighted by Gasteiger charge is 2.20. The van der Waals surface area contributed by atoms with Gasteiger partial charge in [-0.1, -0.05) is 46.3 Å². The van der Waals surface area contributed by atoms with Crippen LogP contribution in [-0.4, -0.2) is 41.7 Å². The first-order chi connectivity index (χ1) is 18.4. The van der Waals surface area contributed by atoms with Crippen LogP contribution in [0, 0.1) is 12.3 Å². The molecule has 208 valence electrons. The second-order valence-electron chi connectivity index (χ2n) is 9.79. The second-order valence-corrected chi connectivity index (χ2v) is 9.79. The Hall–Kier alpha value is -3.22. The standard InChI is InChI=1S/C31H47N5O2/c1-6-10-11-21-38-31-34-29(9-4)26(16-12-15-25-23(5)17-18-28(33)27(25)22-32)30(35-31)36(19-7-2)20-13-14-24(37)8-3/h8,17-18,22,32H,3,6-7,9-16,19-21,33H2,1-2,4-5H3. The molecular weight excluding hydrogens is 474 g/mol. The Labute approximate surface area is 229 Å².